The molecule has 0 bridgehead atoms. The van der Waals surface area contributed by atoms with Gasteiger partial charge in [-0.05, 0) is 32.5 Å². The van der Waals surface area contributed by atoms with Crippen LogP contribution in [0.1, 0.15) is 31.1 Å². The number of Topliss-reactive ketones (excluding diaryl/α,β-unsaturated/α-hetero) is 1. The number of nitrogens with zero attached hydrogens (tertiary/aromatic N) is 1. The molecule has 4 heteroatoms. The fraction of sp³-hybridized carbons (Fsp3) is 0.562. The van der Waals surface area contributed by atoms with Gasteiger partial charge >= 0.3 is 0 Å². The number of benzene rings is 1. The van der Waals surface area contributed by atoms with Crippen LogP contribution in [0.15, 0.2) is 24.3 Å². The van der Waals surface area contributed by atoms with Crippen molar-refractivity contribution in [1.29, 1.82) is 0 Å². The third-order valence-corrected chi connectivity index (χ3v) is 3.06. The van der Waals surface area contributed by atoms with Gasteiger partial charge in [0.15, 0.2) is 5.78 Å². The third-order valence-electron chi connectivity index (χ3n) is 3.06. The molecule has 0 heterocycles. The Balaban J connectivity index is 2.64. The molecule has 112 valence electrons. The molecular formula is C16H25NO3. The molecule has 0 aliphatic heterocycles. The quantitative estimate of drug-likeness (QED) is 0.487. The predicted molar refractivity (Wildman–Crippen MR) is 80.5 cm³/mol. The van der Waals surface area contributed by atoms with E-state index in [-0.39, 0.29) is 5.78 Å². The summed E-state index contributed by atoms with van der Waals surface area (Å²) in [4.78, 5) is 14.5. The highest BCUT2D eigenvalue weighted by atomic mass is 16.5. The summed E-state index contributed by atoms with van der Waals surface area (Å²) in [5.41, 5.74) is 0.657. The molecule has 0 fully saturated rings. The van der Waals surface area contributed by atoms with Crippen LogP contribution in [0.3, 0.4) is 0 Å². The van der Waals surface area contributed by atoms with Gasteiger partial charge in [-0.25, -0.2) is 0 Å². The molecule has 0 N–H and O–H groups in total. The molecule has 0 aliphatic rings. The van der Waals surface area contributed by atoms with E-state index in [4.69, 9.17) is 9.47 Å². The second kappa shape index (κ2) is 9.50. The summed E-state index contributed by atoms with van der Waals surface area (Å²) >= 11 is 0. The summed E-state index contributed by atoms with van der Waals surface area (Å²) in [5.74, 6) is 0.758. The summed E-state index contributed by atoms with van der Waals surface area (Å²) in [7, 11) is 0. The minimum atomic E-state index is 0.0902. The molecule has 0 atom stereocenters. The Morgan fingerprint density at radius 1 is 1.15 bits per heavy atom. The third kappa shape index (κ3) is 5.31. The second-order valence-electron chi connectivity index (χ2n) is 4.42. The molecule has 0 amide bonds. The first kappa shape index (κ1) is 16.7. The fourth-order valence-electron chi connectivity index (χ4n) is 1.95. The van der Waals surface area contributed by atoms with E-state index in [0.29, 0.717) is 37.7 Å². The Morgan fingerprint density at radius 3 is 2.55 bits per heavy atom. The fourth-order valence-corrected chi connectivity index (χ4v) is 1.95. The van der Waals surface area contributed by atoms with Crippen LogP contribution < -0.4 is 4.74 Å². The highest BCUT2D eigenvalue weighted by Crippen LogP contribution is 2.18. The monoisotopic (exact) mass is 279 g/mol. The topological polar surface area (TPSA) is 38.8 Å². The molecule has 0 radical (unpaired) electrons. The zero-order chi connectivity index (χ0) is 14.8. The minimum absolute atomic E-state index is 0.0902. The molecule has 0 aliphatic carbocycles. The zero-order valence-corrected chi connectivity index (χ0v) is 12.7. The van der Waals surface area contributed by atoms with Crippen molar-refractivity contribution >= 4 is 5.78 Å². The lowest BCUT2D eigenvalue weighted by Gasteiger charge is -2.20. The molecule has 20 heavy (non-hydrogen) atoms. The summed E-state index contributed by atoms with van der Waals surface area (Å²) in [6.45, 7) is 9.86. The molecule has 1 aromatic rings. The number of ketones is 1. The zero-order valence-electron chi connectivity index (χ0n) is 12.7. The Bertz CT molecular complexity index is 406. The Labute approximate surface area is 121 Å². The second-order valence-corrected chi connectivity index (χ2v) is 4.42. The van der Waals surface area contributed by atoms with E-state index in [1.165, 1.54) is 0 Å². The van der Waals surface area contributed by atoms with Gasteiger partial charge in [-0.2, -0.15) is 0 Å². The summed E-state index contributed by atoms with van der Waals surface area (Å²) in [6, 6.07) is 7.41. The van der Waals surface area contributed by atoms with Crippen LogP contribution in [0.25, 0.3) is 0 Å². The van der Waals surface area contributed by atoms with E-state index in [9.17, 15) is 4.79 Å². The van der Waals surface area contributed by atoms with E-state index in [2.05, 4.69) is 4.90 Å². The lowest BCUT2D eigenvalue weighted by atomic mass is 10.1. The van der Waals surface area contributed by atoms with Gasteiger partial charge in [-0.3, -0.25) is 9.69 Å². The average Bonchev–Trinajstić information content (AvgIpc) is 2.47. The van der Waals surface area contributed by atoms with Gasteiger partial charge < -0.3 is 9.47 Å². The van der Waals surface area contributed by atoms with Gasteiger partial charge in [0.25, 0.3) is 0 Å². The number of para-hydroxylation sites is 1. The highest BCUT2D eigenvalue weighted by molar-refractivity contribution is 6.00. The maximum absolute atomic E-state index is 12.4. The van der Waals surface area contributed by atoms with Gasteiger partial charge in [-0.15, -0.1) is 0 Å². The van der Waals surface area contributed by atoms with Crippen molar-refractivity contribution < 1.29 is 14.3 Å². The maximum atomic E-state index is 12.4. The van der Waals surface area contributed by atoms with Crippen molar-refractivity contribution in [2.24, 2.45) is 0 Å². The molecule has 0 saturated carbocycles. The first-order chi connectivity index (χ1) is 9.72. The Morgan fingerprint density at radius 2 is 1.90 bits per heavy atom. The molecule has 0 aromatic heterocycles. The van der Waals surface area contributed by atoms with E-state index in [1.54, 1.807) is 0 Å². The van der Waals surface area contributed by atoms with Crippen LogP contribution in [-0.4, -0.2) is 50.1 Å². The molecule has 0 spiro atoms. The van der Waals surface area contributed by atoms with E-state index >= 15 is 0 Å². The molecule has 0 unspecified atom stereocenters. The van der Waals surface area contributed by atoms with Crippen LogP contribution >= 0.6 is 0 Å². The first-order valence-corrected chi connectivity index (χ1v) is 7.28. The van der Waals surface area contributed by atoms with Crippen molar-refractivity contribution in [2.75, 3.05) is 39.5 Å². The first-order valence-electron chi connectivity index (χ1n) is 7.28. The van der Waals surface area contributed by atoms with E-state index < -0.39 is 0 Å². The van der Waals surface area contributed by atoms with Crippen molar-refractivity contribution in [2.45, 2.75) is 20.8 Å². The van der Waals surface area contributed by atoms with Crippen LogP contribution in [0.2, 0.25) is 0 Å². The van der Waals surface area contributed by atoms with Gasteiger partial charge in [0.2, 0.25) is 0 Å². The molecule has 1 aromatic carbocycles. The largest absolute Gasteiger partial charge is 0.493 e. The van der Waals surface area contributed by atoms with Gasteiger partial charge in [0.1, 0.15) is 5.75 Å². The van der Waals surface area contributed by atoms with Gasteiger partial charge in [-0.1, -0.05) is 19.1 Å². The normalized spacial score (nSPS) is 10.8. The average molecular weight is 279 g/mol. The van der Waals surface area contributed by atoms with E-state index in [0.717, 1.165) is 13.1 Å². The SMILES string of the molecule is CCOCCN(CC)CC(=O)c1ccccc1OCC. The minimum Gasteiger partial charge on any atom is -0.493 e. The van der Waals surface area contributed by atoms with Crippen LogP contribution in [0, 0.1) is 0 Å². The maximum Gasteiger partial charge on any atom is 0.180 e. The smallest absolute Gasteiger partial charge is 0.180 e. The predicted octanol–water partition coefficient (Wildman–Crippen LogP) is 2.63. The van der Waals surface area contributed by atoms with Gasteiger partial charge in [0.05, 0.1) is 25.3 Å². The molecular weight excluding hydrogens is 254 g/mol. The molecule has 0 saturated heterocycles. The van der Waals surface area contributed by atoms with Gasteiger partial charge in [0, 0.05) is 13.2 Å². The molecule has 4 nitrogen and oxygen atoms in total. The number of carbonyl (C=O) groups excluding carboxylic acids is 1. The standard InChI is InChI=1S/C16H25NO3/c1-4-17(11-12-19-5-2)13-15(18)14-9-7-8-10-16(14)20-6-3/h7-10H,4-6,11-13H2,1-3H3. The number of likely N-dealkylation sites (N-methyl/N-ethyl adjacent to an activating group) is 1. The summed E-state index contributed by atoms with van der Waals surface area (Å²) < 4.78 is 10.8. The van der Waals surface area contributed by atoms with Crippen molar-refractivity contribution in [3.05, 3.63) is 29.8 Å². The van der Waals surface area contributed by atoms with Crippen molar-refractivity contribution in [1.82, 2.24) is 4.90 Å². The molecule has 1 rings (SSSR count). The number of rotatable bonds is 10. The summed E-state index contributed by atoms with van der Waals surface area (Å²) in [6.07, 6.45) is 0. The van der Waals surface area contributed by atoms with Crippen LogP contribution in [0.5, 0.6) is 5.75 Å². The Hall–Kier alpha value is -1.39. The van der Waals surface area contributed by atoms with Crippen molar-refractivity contribution in [3.8, 4) is 5.75 Å². The highest BCUT2D eigenvalue weighted by Gasteiger charge is 2.15. The van der Waals surface area contributed by atoms with Crippen LogP contribution in [-0.2, 0) is 4.74 Å². The number of ether oxygens (including phenoxy) is 2. The Kier molecular flexibility index (Phi) is 7.92. The lowest BCUT2D eigenvalue weighted by Crippen LogP contribution is -2.33. The van der Waals surface area contributed by atoms with Crippen LogP contribution in [0.4, 0.5) is 0 Å². The number of hydrogen-bond acceptors (Lipinski definition) is 4. The number of hydrogen-bond donors (Lipinski definition) is 0. The van der Waals surface area contributed by atoms with Crippen molar-refractivity contribution in [3.63, 3.8) is 0 Å². The van der Waals surface area contributed by atoms with E-state index in [1.807, 2.05) is 45.0 Å². The number of carbonyl (C=O) groups is 1. The summed E-state index contributed by atoms with van der Waals surface area (Å²) in [5, 5.41) is 0. The lowest BCUT2D eigenvalue weighted by molar-refractivity contribution is 0.0864.